The van der Waals surface area contributed by atoms with Gasteiger partial charge in [0.25, 0.3) is 0 Å². The van der Waals surface area contributed by atoms with Crippen molar-refractivity contribution in [3.8, 4) is 11.5 Å². The SMILES string of the molecule is COC(=O)[C@@]12C[C@@H](CC(=O)NCc3ccccc3)C(=O)N(CCc3ccc(OC)c(OC)c3)C1=CCC(C)(C)C2. The summed E-state index contributed by atoms with van der Waals surface area (Å²) < 4.78 is 16.2. The van der Waals surface area contributed by atoms with Crippen molar-refractivity contribution in [2.75, 3.05) is 27.9 Å². The van der Waals surface area contributed by atoms with E-state index in [2.05, 4.69) is 19.2 Å². The van der Waals surface area contributed by atoms with Gasteiger partial charge in [0.05, 0.1) is 21.3 Å². The van der Waals surface area contributed by atoms with Gasteiger partial charge in [-0.05, 0) is 54.4 Å². The smallest absolute Gasteiger partial charge is 0.317 e. The Bertz CT molecular complexity index is 1270. The Morgan fingerprint density at radius 3 is 2.40 bits per heavy atom. The molecule has 2 aromatic carbocycles. The lowest BCUT2D eigenvalue weighted by Crippen LogP contribution is -2.56. The van der Waals surface area contributed by atoms with Gasteiger partial charge in [0.1, 0.15) is 5.41 Å². The van der Waals surface area contributed by atoms with Crippen molar-refractivity contribution in [3.05, 3.63) is 71.4 Å². The number of benzene rings is 2. The zero-order chi connectivity index (χ0) is 28.9. The van der Waals surface area contributed by atoms with Crippen LogP contribution in [0.1, 0.15) is 50.7 Å². The summed E-state index contributed by atoms with van der Waals surface area (Å²) in [6.07, 6.45) is 4.10. The molecule has 0 saturated carbocycles. The molecule has 0 bridgehead atoms. The summed E-state index contributed by atoms with van der Waals surface area (Å²) in [5.74, 6) is -0.120. The molecule has 214 valence electrons. The summed E-state index contributed by atoms with van der Waals surface area (Å²) in [4.78, 5) is 42.2. The molecule has 1 saturated heterocycles. The first-order chi connectivity index (χ1) is 19.1. The highest BCUT2D eigenvalue weighted by molar-refractivity contribution is 5.92. The van der Waals surface area contributed by atoms with E-state index < -0.39 is 11.3 Å². The zero-order valence-corrected chi connectivity index (χ0v) is 24.1. The summed E-state index contributed by atoms with van der Waals surface area (Å²) >= 11 is 0. The third-order valence-electron chi connectivity index (χ3n) is 8.03. The Balaban J connectivity index is 1.61. The molecule has 2 aliphatic rings. The molecular formula is C32H40N2O6. The fourth-order valence-corrected chi connectivity index (χ4v) is 6.16. The Kier molecular flexibility index (Phi) is 8.86. The lowest BCUT2D eigenvalue weighted by molar-refractivity contribution is -0.162. The minimum Gasteiger partial charge on any atom is -0.493 e. The van der Waals surface area contributed by atoms with Crippen LogP contribution in [-0.4, -0.2) is 50.6 Å². The standard InChI is InChI=1S/C32H40N2O6/c1-31(2)15-13-27-32(21-31,30(37)40-5)19-24(18-28(35)33-20-23-9-7-6-8-10-23)29(36)34(27)16-14-22-11-12-25(38-3)26(17-22)39-4/h6-13,17,24H,14-16,18-21H2,1-5H3,(H,33,35)/t24-,32-/m1/s1. The fraction of sp³-hybridized carbons (Fsp3) is 0.469. The quantitative estimate of drug-likeness (QED) is 0.434. The second-order valence-corrected chi connectivity index (χ2v) is 11.5. The number of piperidine rings is 1. The van der Waals surface area contributed by atoms with Gasteiger partial charge in [0.15, 0.2) is 11.5 Å². The molecule has 0 unspecified atom stereocenters. The second kappa shape index (κ2) is 12.1. The van der Waals surface area contributed by atoms with E-state index in [9.17, 15) is 14.4 Å². The van der Waals surface area contributed by atoms with Crippen molar-refractivity contribution in [1.82, 2.24) is 10.2 Å². The Labute approximate surface area is 236 Å². The molecule has 1 aliphatic heterocycles. The molecule has 1 N–H and O–H groups in total. The molecule has 0 radical (unpaired) electrons. The van der Waals surface area contributed by atoms with Crippen LogP contribution in [0.5, 0.6) is 11.5 Å². The predicted molar refractivity (Wildman–Crippen MR) is 152 cm³/mol. The third-order valence-corrected chi connectivity index (χ3v) is 8.03. The number of likely N-dealkylation sites (tertiary alicyclic amines) is 1. The van der Waals surface area contributed by atoms with Crippen LogP contribution in [0.15, 0.2) is 60.3 Å². The van der Waals surface area contributed by atoms with E-state index in [1.165, 1.54) is 7.11 Å². The zero-order valence-electron chi connectivity index (χ0n) is 24.1. The average molecular weight is 549 g/mol. The van der Waals surface area contributed by atoms with Crippen LogP contribution >= 0.6 is 0 Å². The van der Waals surface area contributed by atoms with E-state index in [1.54, 1.807) is 19.1 Å². The number of ether oxygens (including phenoxy) is 3. The highest BCUT2D eigenvalue weighted by Gasteiger charge is 2.57. The van der Waals surface area contributed by atoms with Crippen molar-refractivity contribution in [1.29, 1.82) is 0 Å². The molecule has 1 aliphatic carbocycles. The number of hydrogen-bond donors (Lipinski definition) is 1. The maximum absolute atomic E-state index is 14.0. The van der Waals surface area contributed by atoms with Gasteiger partial charge in [-0.2, -0.15) is 0 Å². The van der Waals surface area contributed by atoms with E-state index in [4.69, 9.17) is 14.2 Å². The minimum absolute atomic E-state index is 0.00494. The number of allylic oxidation sites excluding steroid dienone is 1. The van der Waals surface area contributed by atoms with Gasteiger partial charge >= 0.3 is 5.97 Å². The largest absolute Gasteiger partial charge is 0.493 e. The normalized spacial score (nSPS) is 21.6. The van der Waals surface area contributed by atoms with Crippen LogP contribution < -0.4 is 14.8 Å². The molecule has 2 atom stereocenters. The lowest BCUT2D eigenvalue weighted by Gasteiger charge is -2.51. The van der Waals surface area contributed by atoms with Gasteiger partial charge in [-0.1, -0.05) is 56.3 Å². The van der Waals surface area contributed by atoms with Gasteiger partial charge in [0.2, 0.25) is 11.8 Å². The van der Waals surface area contributed by atoms with Crippen LogP contribution in [0.2, 0.25) is 0 Å². The van der Waals surface area contributed by atoms with Crippen molar-refractivity contribution >= 4 is 17.8 Å². The number of carbonyl (C=O) groups is 3. The maximum Gasteiger partial charge on any atom is 0.317 e. The lowest BCUT2D eigenvalue weighted by atomic mass is 9.59. The van der Waals surface area contributed by atoms with Crippen molar-refractivity contribution in [3.63, 3.8) is 0 Å². The predicted octanol–water partition coefficient (Wildman–Crippen LogP) is 4.66. The van der Waals surface area contributed by atoms with Gasteiger partial charge in [-0.25, -0.2) is 0 Å². The van der Waals surface area contributed by atoms with Gasteiger partial charge in [-0.3, -0.25) is 14.4 Å². The summed E-state index contributed by atoms with van der Waals surface area (Å²) in [6, 6.07) is 15.3. The van der Waals surface area contributed by atoms with Crippen molar-refractivity contribution in [2.24, 2.45) is 16.7 Å². The molecule has 8 heteroatoms. The highest BCUT2D eigenvalue weighted by Crippen LogP contribution is 2.54. The van der Waals surface area contributed by atoms with Crippen LogP contribution in [0, 0.1) is 16.7 Å². The van der Waals surface area contributed by atoms with Gasteiger partial charge < -0.3 is 24.4 Å². The summed E-state index contributed by atoms with van der Waals surface area (Å²) in [7, 11) is 4.56. The number of methoxy groups -OCH3 is 3. The first-order valence-corrected chi connectivity index (χ1v) is 13.7. The highest BCUT2D eigenvalue weighted by atomic mass is 16.5. The van der Waals surface area contributed by atoms with E-state index in [0.717, 1.165) is 17.5 Å². The van der Waals surface area contributed by atoms with Crippen LogP contribution in [0.4, 0.5) is 0 Å². The van der Waals surface area contributed by atoms with E-state index >= 15 is 0 Å². The number of esters is 1. The Hall–Kier alpha value is -3.81. The number of amides is 2. The third kappa shape index (κ3) is 6.16. The van der Waals surface area contributed by atoms with Crippen molar-refractivity contribution in [2.45, 2.75) is 52.5 Å². The molecular weight excluding hydrogens is 508 g/mol. The monoisotopic (exact) mass is 548 g/mol. The first kappa shape index (κ1) is 29.2. The Morgan fingerprint density at radius 1 is 1.00 bits per heavy atom. The van der Waals surface area contributed by atoms with E-state index in [-0.39, 0.29) is 36.0 Å². The number of hydrogen-bond acceptors (Lipinski definition) is 6. The summed E-state index contributed by atoms with van der Waals surface area (Å²) in [5.41, 5.74) is 1.49. The number of fused-ring (bicyclic) bond motifs is 1. The number of nitrogens with one attached hydrogen (secondary N) is 1. The second-order valence-electron chi connectivity index (χ2n) is 11.5. The molecule has 40 heavy (non-hydrogen) atoms. The molecule has 0 spiro atoms. The molecule has 1 heterocycles. The maximum atomic E-state index is 14.0. The number of carbonyl (C=O) groups excluding carboxylic acids is 3. The molecule has 2 amide bonds. The van der Waals surface area contributed by atoms with Gasteiger partial charge in [-0.15, -0.1) is 0 Å². The minimum atomic E-state index is -0.994. The van der Waals surface area contributed by atoms with E-state index in [1.807, 2.05) is 54.6 Å². The number of rotatable bonds is 10. The molecule has 2 aromatic rings. The molecule has 8 nitrogen and oxygen atoms in total. The van der Waals surface area contributed by atoms with Crippen LogP contribution in [-0.2, 0) is 32.1 Å². The average Bonchev–Trinajstić information content (AvgIpc) is 2.95. The number of nitrogens with zero attached hydrogens (tertiary/aromatic N) is 1. The van der Waals surface area contributed by atoms with Crippen molar-refractivity contribution < 1.29 is 28.6 Å². The summed E-state index contributed by atoms with van der Waals surface area (Å²) in [5, 5.41) is 2.94. The van der Waals surface area contributed by atoms with Gasteiger partial charge in [0, 0.05) is 31.1 Å². The summed E-state index contributed by atoms with van der Waals surface area (Å²) in [6.45, 7) is 4.99. The molecule has 0 aromatic heterocycles. The topological polar surface area (TPSA) is 94.2 Å². The molecule has 1 fully saturated rings. The Morgan fingerprint density at radius 2 is 1.73 bits per heavy atom. The van der Waals surface area contributed by atoms with E-state index in [0.29, 0.717) is 43.1 Å². The first-order valence-electron chi connectivity index (χ1n) is 13.7. The molecule has 4 rings (SSSR count). The van der Waals surface area contributed by atoms with Crippen LogP contribution in [0.25, 0.3) is 0 Å². The van der Waals surface area contributed by atoms with Crippen LogP contribution in [0.3, 0.4) is 0 Å². The fourth-order valence-electron chi connectivity index (χ4n) is 6.16.